The van der Waals surface area contributed by atoms with E-state index in [9.17, 15) is 18.0 Å². The van der Waals surface area contributed by atoms with Crippen molar-refractivity contribution in [2.24, 2.45) is 11.8 Å². The Labute approximate surface area is 115 Å². The number of amides is 1. The number of halogens is 3. The quantitative estimate of drug-likeness (QED) is 0.807. The van der Waals surface area contributed by atoms with E-state index in [2.05, 4.69) is 0 Å². The van der Waals surface area contributed by atoms with E-state index in [1.54, 1.807) is 4.90 Å². The van der Waals surface area contributed by atoms with Crippen molar-refractivity contribution in [3.8, 4) is 0 Å². The molecule has 1 saturated heterocycles. The molecule has 3 nitrogen and oxygen atoms in total. The molecule has 0 saturated carbocycles. The summed E-state index contributed by atoms with van der Waals surface area (Å²) in [4.78, 5) is 13.9. The predicted molar refractivity (Wildman–Crippen MR) is 70.1 cm³/mol. The second kappa shape index (κ2) is 5.00. The minimum Gasteiger partial charge on any atom is -0.398 e. The number of rotatable bonds is 1. The second-order valence-corrected chi connectivity index (χ2v) is 5.43. The summed E-state index contributed by atoms with van der Waals surface area (Å²) < 4.78 is 38.4. The Balaban J connectivity index is 2.32. The minimum atomic E-state index is -4.55. The van der Waals surface area contributed by atoms with Gasteiger partial charge in [0.1, 0.15) is 0 Å². The highest BCUT2D eigenvalue weighted by Crippen LogP contribution is 2.35. The van der Waals surface area contributed by atoms with Crippen LogP contribution in [0.2, 0.25) is 0 Å². The number of carbonyl (C=O) groups excluding carboxylic acids is 1. The van der Waals surface area contributed by atoms with Crippen LogP contribution in [-0.2, 0) is 6.18 Å². The van der Waals surface area contributed by atoms with Crippen LogP contribution in [0.5, 0.6) is 0 Å². The molecule has 0 radical (unpaired) electrons. The average Bonchev–Trinajstić information content (AvgIpc) is 2.67. The van der Waals surface area contributed by atoms with Crippen LogP contribution in [0, 0.1) is 11.8 Å². The molecule has 2 N–H and O–H groups in total. The zero-order valence-corrected chi connectivity index (χ0v) is 11.4. The fraction of sp³-hybridized carbons (Fsp3) is 0.500. The van der Waals surface area contributed by atoms with E-state index < -0.39 is 23.3 Å². The van der Waals surface area contributed by atoms with Gasteiger partial charge in [0.25, 0.3) is 5.91 Å². The molecule has 2 atom stereocenters. The van der Waals surface area contributed by atoms with Crippen LogP contribution in [0.4, 0.5) is 18.9 Å². The lowest BCUT2D eigenvalue weighted by molar-refractivity contribution is -0.136. The van der Waals surface area contributed by atoms with Crippen LogP contribution in [0.1, 0.15) is 29.8 Å². The maximum absolute atomic E-state index is 12.8. The molecule has 1 amide bonds. The molecule has 2 rings (SSSR count). The molecular formula is C14H17F3N2O. The molecular weight excluding hydrogens is 269 g/mol. The summed E-state index contributed by atoms with van der Waals surface area (Å²) in [5.41, 5.74) is 4.03. The van der Waals surface area contributed by atoms with Gasteiger partial charge in [0.2, 0.25) is 0 Å². The van der Waals surface area contributed by atoms with Crippen molar-refractivity contribution in [3.05, 3.63) is 29.3 Å². The number of likely N-dealkylation sites (tertiary alicyclic amines) is 1. The van der Waals surface area contributed by atoms with Gasteiger partial charge in [-0.1, -0.05) is 19.9 Å². The highest BCUT2D eigenvalue weighted by atomic mass is 19.4. The fourth-order valence-corrected chi connectivity index (χ4v) is 2.46. The summed E-state index contributed by atoms with van der Waals surface area (Å²) >= 11 is 0. The molecule has 0 bridgehead atoms. The molecule has 0 aliphatic carbocycles. The lowest BCUT2D eigenvalue weighted by Crippen LogP contribution is -2.30. The van der Waals surface area contributed by atoms with Gasteiger partial charge in [-0.25, -0.2) is 0 Å². The van der Waals surface area contributed by atoms with E-state index in [0.29, 0.717) is 24.9 Å². The van der Waals surface area contributed by atoms with Crippen LogP contribution in [-0.4, -0.2) is 23.9 Å². The molecule has 1 aromatic rings. The van der Waals surface area contributed by atoms with Crippen molar-refractivity contribution in [3.63, 3.8) is 0 Å². The molecule has 20 heavy (non-hydrogen) atoms. The summed E-state index contributed by atoms with van der Waals surface area (Å²) in [5, 5.41) is 0. The monoisotopic (exact) mass is 286 g/mol. The van der Waals surface area contributed by atoms with Gasteiger partial charge in [0.05, 0.1) is 16.8 Å². The van der Waals surface area contributed by atoms with Gasteiger partial charge in [-0.15, -0.1) is 0 Å². The van der Waals surface area contributed by atoms with Crippen LogP contribution >= 0.6 is 0 Å². The Morgan fingerprint density at radius 2 is 1.80 bits per heavy atom. The third-order valence-electron chi connectivity index (χ3n) is 3.92. The van der Waals surface area contributed by atoms with Gasteiger partial charge >= 0.3 is 6.18 Å². The summed E-state index contributed by atoms with van der Waals surface area (Å²) in [7, 11) is 0. The number of alkyl halides is 3. The third-order valence-corrected chi connectivity index (χ3v) is 3.92. The van der Waals surface area contributed by atoms with Gasteiger partial charge in [0.15, 0.2) is 0 Å². The highest BCUT2D eigenvalue weighted by Gasteiger charge is 2.36. The number of para-hydroxylation sites is 1. The zero-order chi connectivity index (χ0) is 15.1. The topological polar surface area (TPSA) is 46.3 Å². The van der Waals surface area contributed by atoms with Gasteiger partial charge in [0, 0.05) is 13.1 Å². The smallest absolute Gasteiger partial charge is 0.398 e. The number of hydrogen-bond acceptors (Lipinski definition) is 2. The first-order valence-corrected chi connectivity index (χ1v) is 6.46. The Hall–Kier alpha value is -1.72. The normalized spacial score (nSPS) is 23.1. The van der Waals surface area contributed by atoms with Crippen molar-refractivity contribution < 1.29 is 18.0 Å². The van der Waals surface area contributed by atoms with Crippen LogP contribution in [0.25, 0.3) is 0 Å². The Kier molecular flexibility index (Phi) is 3.67. The number of nitrogens with two attached hydrogens (primary N) is 1. The molecule has 2 unspecified atom stereocenters. The van der Waals surface area contributed by atoms with Crippen molar-refractivity contribution >= 4 is 11.6 Å². The molecule has 110 valence electrons. The van der Waals surface area contributed by atoms with E-state index in [1.807, 2.05) is 13.8 Å². The Morgan fingerprint density at radius 1 is 1.25 bits per heavy atom. The summed E-state index contributed by atoms with van der Waals surface area (Å²) in [6.45, 7) is 5.15. The van der Waals surface area contributed by atoms with Crippen molar-refractivity contribution in [2.45, 2.75) is 20.0 Å². The molecule has 0 spiro atoms. The number of anilines is 1. The first-order chi connectivity index (χ1) is 9.21. The number of hydrogen-bond donors (Lipinski definition) is 1. The molecule has 0 aromatic heterocycles. The molecule has 6 heteroatoms. The van der Waals surface area contributed by atoms with Gasteiger partial charge in [-0.3, -0.25) is 4.79 Å². The molecule has 1 fully saturated rings. The van der Waals surface area contributed by atoms with Gasteiger partial charge < -0.3 is 10.6 Å². The Bertz CT molecular complexity index is 518. The van der Waals surface area contributed by atoms with Crippen LogP contribution < -0.4 is 5.73 Å². The summed E-state index contributed by atoms with van der Waals surface area (Å²) in [6, 6.07) is 3.46. The number of benzene rings is 1. The lowest BCUT2D eigenvalue weighted by Gasteiger charge is -2.19. The number of carbonyl (C=O) groups is 1. The zero-order valence-electron chi connectivity index (χ0n) is 11.4. The first-order valence-electron chi connectivity index (χ1n) is 6.46. The van der Waals surface area contributed by atoms with E-state index in [-0.39, 0.29) is 5.56 Å². The van der Waals surface area contributed by atoms with Crippen molar-refractivity contribution in [1.29, 1.82) is 0 Å². The van der Waals surface area contributed by atoms with E-state index >= 15 is 0 Å². The van der Waals surface area contributed by atoms with E-state index in [4.69, 9.17) is 5.73 Å². The maximum atomic E-state index is 12.8. The fourth-order valence-electron chi connectivity index (χ4n) is 2.46. The largest absolute Gasteiger partial charge is 0.418 e. The second-order valence-electron chi connectivity index (χ2n) is 5.43. The van der Waals surface area contributed by atoms with E-state index in [0.717, 1.165) is 6.07 Å². The van der Waals surface area contributed by atoms with Gasteiger partial charge in [-0.2, -0.15) is 13.2 Å². The third kappa shape index (κ3) is 2.59. The molecule has 1 aliphatic heterocycles. The number of nitrogen functional groups attached to an aromatic ring is 1. The number of nitrogens with zero attached hydrogens (tertiary/aromatic N) is 1. The lowest BCUT2D eigenvalue weighted by atomic mass is 10.0. The van der Waals surface area contributed by atoms with Crippen LogP contribution in [0.15, 0.2) is 18.2 Å². The summed E-state index contributed by atoms with van der Waals surface area (Å²) in [6.07, 6.45) is -4.55. The maximum Gasteiger partial charge on any atom is 0.418 e. The van der Waals surface area contributed by atoms with Crippen LogP contribution in [0.3, 0.4) is 0 Å². The summed E-state index contributed by atoms with van der Waals surface area (Å²) in [5.74, 6) is 0.252. The highest BCUT2D eigenvalue weighted by molar-refractivity contribution is 6.00. The SMILES string of the molecule is CC1CN(C(=O)c2cccc(C(F)(F)F)c2N)CC1C. The molecule has 1 aliphatic rings. The standard InChI is InChI=1S/C14H17F3N2O/c1-8-6-19(7-9(8)2)13(20)10-4-3-5-11(12(10)18)14(15,16)17/h3-5,8-9H,6-7,18H2,1-2H3. The molecule has 1 aromatic carbocycles. The molecule has 1 heterocycles. The Morgan fingerprint density at radius 3 is 2.30 bits per heavy atom. The van der Waals surface area contributed by atoms with Crippen molar-refractivity contribution in [2.75, 3.05) is 18.8 Å². The first kappa shape index (κ1) is 14.7. The van der Waals surface area contributed by atoms with E-state index in [1.165, 1.54) is 12.1 Å². The minimum absolute atomic E-state index is 0.0684. The average molecular weight is 286 g/mol. The van der Waals surface area contributed by atoms with Gasteiger partial charge in [-0.05, 0) is 24.0 Å². The predicted octanol–water partition coefficient (Wildman–Crippen LogP) is 3.02. The van der Waals surface area contributed by atoms with Crippen molar-refractivity contribution in [1.82, 2.24) is 4.90 Å².